The molecule has 1 aromatic heterocycles. The molecule has 1 aromatic carbocycles. The normalized spacial score (nSPS) is 10.8. The van der Waals surface area contributed by atoms with Crippen molar-refractivity contribution in [1.29, 1.82) is 0 Å². The molecule has 74 valence electrons. The number of hydrogen-bond acceptors (Lipinski definition) is 3. The Morgan fingerprint density at radius 3 is 2.79 bits per heavy atom. The molecule has 0 bridgehead atoms. The van der Waals surface area contributed by atoms with Crippen molar-refractivity contribution in [1.82, 2.24) is 9.97 Å². The van der Waals surface area contributed by atoms with Gasteiger partial charge in [-0.2, -0.15) is 0 Å². The molecule has 4 heteroatoms. The number of fused-ring (bicyclic) bond motifs is 1. The number of methoxy groups -OCH3 is 1. The zero-order chi connectivity index (χ0) is 10.3. The summed E-state index contributed by atoms with van der Waals surface area (Å²) in [5.41, 5.74) is 9.38. The van der Waals surface area contributed by atoms with Gasteiger partial charge in [0, 0.05) is 0 Å². The van der Waals surface area contributed by atoms with Gasteiger partial charge in [0.25, 0.3) is 0 Å². The smallest absolute Gasteiger partial charge is 0.144 e. The second kappa shape index (κ2) is 2.90. The Hall–Kier alpha value is -1.71. The van der Waals surface area contributed by atoms with E-state index in [9.17, 15) is 0 Å². The molecule has 0 spiro atoms. The molecule has 0 fully saturated rings. The quantitative estimate of drug-likeness (QED) is 0.675. The van der Waals surface area contributed by atoms with Crippen LogP contribution in [0.4, 0.5) is 5.69 Å². The van der Waals surface area contributed by atoms with Crippen LogP contribution in [0, 0.1) is 13.8 Å². The number of aromatic nitrogens is 2. The summed E-state index contributed by atoms with van der Waals surface area (Å²) in [4.78, 5) is 7.48. The number of aryl methyl sites for hydroxylation is 2. The van der Waals surface area contributed by atoms with Crippen molar-refractivity contribution in [2.24, 2.45) is 0 Å². The van der Waals surface area contributed by atoms with E-state index >= 15 is 0 Å². The lowest BCUT2D eigenvalue weighted by Crippen LogP contribution is -1.94. The van der Waals surface area contributed by atoms with Gasteiger partial charge >= 0.3 is 0 Å². The van der Waals surface area contributed by atoms with Crippen LogP contribution < -0.4 is 10.5 Å². The number of hydrogen-bond donors (Lipinski definition) is 2. The van der Waals surface area contributed by atoms with Crippen molar-refractivity contribution in [3.8, 4) is 5.75 Å². The maximum Gasteiger partial charge on any atom is 0.144 e. The molecule has 3 N–H and O–H groups in total. The Kier molecular flexibility index (Phi) is 1.84. The second-order valence-electron chi connectivity index (χ2n) is 3.36. The number of nitrogen functional groups attached to an aromatic ring is 1. The molecule has 0 saturated carbocycles. The fraction of sp³-hybridized carbons (Fsp3) is 0.300. The van der Waals surface area contributed by atoms with Crippen LogP contribution in [0.2, 0.25) is 0 Å². The molecule has 1 heterocycles. The molecule has 14 heavy (non-hydrogen) atoms. The maximum atomic E-state index is 5.92. The highest BCUT2D eigenvalue weighted by atomic mass is 16.5. The third-order valence-electron chi connectivity index (χ3n) is 2.30. The first kappa shape index (κ1) is 8.87. The van der Waals surface area contributed by atoms with Crippen LogP contribution in [0.5, 0.6) is 5.75 Å². The predicted octanol–water partition coefficient (Wildman–Crippen LogP) is 1.77. The largest absolute Gasteiger partial charge is 0.495 e. The average Bonchev–Trinajstić information content (AvgIpc) is 2.54. The molecule has 0 aliphatic heterocycles. The summed E-state index contributed by atoms with van der Waals surface area (Å²) < 4.78 is 5.17. The van der Waals surface area contributed by atoms with Crippen molar-refractivity contribution in [3.05, 3.63) is 17.5 Å². The zero-order valence-electron chi connectivity index (χ0n) is 8.51. The van der Waals surface area contributed by atoms with Gasteiger partial charge < -0.3 is 15.5 Å². The number of anilines is 1. The lowest BCUT2D eigenvalue weighted by Gasteiger charge is -2.06. The van der Waals surface area contributed by atoms with E-state index in [1.54, 1.807) is 7.11 Å². The van der Waals surface area contributed by atoms with Gasteiger partial charge in [0.1, 0.15) is 17.3 Å². The number of H-pyrrole nitrogens is 1. The van der Waals surface area contributed by atoms with E-state index in [4.69, 9.17) is 10.5 Å². The molecular formula is C10H13N3O. The third-order valence-corrected chi connectivity index (χ3v) is 2.30. The van der Waals surface area contributed by atoms with E-state index in [-0.39, 0.29) is 0 Å². The van der Waals surface area contributed by atoms with Crippen LogP contribution >= 0.6 is 0 Å². The lowest BCUT2D eigenvalue weighted by molar-refractivity contribution is 0.417. The molecule has 0 aliphatic rings. The van der Waals surface area contributed by atoms with E-state index in [1.807, 2.05) is 19.9 Å². The number of imidazole rings is 1. The molecular weight excluding hydrogens is 178 g/mol. The second-order valence-corrected chi connectivity index (χ2v) is 3.36. The van der Waals surface area contributed by atoms with Crippen molar-refractivity contribution >= 4 is 16.7 Å². The van der Waals surface area contributed by atoms with Gasteiger partial charge in [-0.25, -0.2) is 4.98 Å². The SMILES string of the molecule is COc1cc(C)c2nc(C)[nH]c2c1N. The lowest BCUT2D eigenvalue weighted by atomic mass is 10.1. The van der Waals surface area contributed by atoms with Crippen LogP contribution in [0.25, 0.3) is 11.0 Å². The number of nitrogens with one attached hydrogen (secondary N) is 1. The Morgan fingerprint density at radius 2 is 2.14 bits per heavy atom. The highest BCUT2D eigenvalue weighted by Gasteiger charge is 2.10. The molecule has 2 aromatic rings. The molecule has 0 amide bonds. The topological polar surface area (TPSA) is 63.9 Å². The first-order valence-electron chi connectivity index (χ1n) is 4.43. The standard InChI is InChI=1S/C10H13N3O/c1-5-4-7(14-3)8(11)10-9(5)12-6(2)13-10/h4H,11H2,1-3H3,(H,12,13). The molecule has 2 rings (SSSR count). The van der Waals surface area contributed by atoms with Gasteiger partial charge in [0.2, 0.25) is 0 Å². The fourth-order valence-electron chi connectivity index (χ4n) is 1.61. The van der Waals surface area contributed by atoms with Gasteiger partial charge in [-0.1, -0.05) is 0 Å². The van der Waals surface area contributed by atoms with Gasteiger partial charge in [-0.3, -0.25) is 0 Å². The van der Waals surface area contributed by atoms with E-state index in [2.05, 4.69) is 9.97 Å². The number of nitrogens with zero attached hydrogens (tertiary/aromatic N) is 1. The molecule has 4 nitrogen and oxygen atoms in total. The van der Waals surface area contributed by atoms with Gasteiger partial charge in [-0.05, 0) is 25.5 Å². The monoisotopic (exact) mass is 191 g/mol. The minimum atomic E-state index is 0.619. The van der Waals surface area contributed by atoms with Crippen molar-refractivity contribution in [2.45, 2.75) is 13.8 Å². The Labute approximate surface area is 82.1 Å². The van der Waals surface area contributed by atoms with Crippen molar-refractivity contribution < 1.29 is 4.74 Å². The summed E-state index contributed by atoms with van der Waals surface area (Å²) >= 11 is 0. The fourth-order valence-corrected chi connectivity index (χ4v) is 1.61. The van der Waals surface area contributed by atoms with Crippen LogP contribution in [-0.2, 0) is 0 Å². The zero-order valence-corrected chi connectivity index (χ0v) is 8.51. The molecule has 0 atom stereocenters. The van der Waals surface area contributed by atoms with Crippen LogP contribution in [0.1, 0.15) is 11.4 Å². The molecule has 0 radical (unpaired) electrons. The van der Waals surface area contributed by atoms with Gasteiger partial charge in [0.05, 0.1) is 18.1 Å². The summed E-state index contributed by atoms with van der Waals surface area (Å²) in [5.74, 6) is 1.56. The highest BCUT2D eigenvalue weighted by Crippen LogP contribution is 2.31. The Morgan fingerprint density at radius 1 is 1.43 bits per heavy atom. The predicted molar refractivity (Wildman–Crippen MR) is 56.5 cm³/mol. The van der Waals surface area contributed by atoms with E-state index in [1.165, 1.54) is 0 Å². The maximum absolute atomic E-state index is 5.92. The van der Waals surface area contributed by atoms with Crippen LogP contribution in [0.3, 0.4) is 0 Å². The van der Waals surface area contributed by atoms with Crippen molar-refractivity contribution in [2.75, 3.05) is 12.8 Å². The first-order valence-corrected chi connectivity index (χ1v) is 4.43. The van der Waals surface area contributed by atoms with Crippen LogP contribution in [-0.4, -0.2) is 17.1 Å². The number of benzene rings is 1. The van der Waals surface area contributed by atoms with Crippen molar-refractivity contribution in [3.63, 3.8) is 0 Å². The average molecular weight is 191 g/mol. The van der Waals surface area contributed by atoms with E-state index < -0.39 is 0 Å². The summed E-state index contributed by atoms with van der Waals surface area (Å²) in [6.45, 7) is 3.90. The molecule has 0 saturated heterocycles. The number of aromatic amines is 1. The first-order chi connectivity index (χ1) is 6.63. The number of rotatable bonds is 1. The molecule has 0 aliphatic carbocycles. The molecule has 0 unspecified atom stereocenters. The van der Waals surface area contributed by atoms with Gasteiger partial charge in [0.15, 0.2) is 0 Å². The number of nitrogens with two attached hydrogens (primary N) is 1. The summed E-state index contributed by atoms with van der Waals surface area (Å²) in [6.07, 6.45) is 0. The summed E-state index contributed by atoms with van der Waals surface area (Å²) in [6, 6.07) is 1.90. The van der Waals surface area contributed by atoms with E-state index in [0.717, 1.165) is 22.4 Å². The minimum absolute atomic E-state index is 0.619. The minimum Gasteiger partial charge on any atom is -0.495 e. The summed E-state index contributed by atoms with van der Waals surface area (Å²) in [7, 11) is 1.61. The Balaban J connectivity index is 2.86. The third kappa shape index (κ3) is 1.11. The number of ether oxygens (including phenoxy) is 1. The highest BCUT2D eigenvalue weighted by molar-refractivity contribution is 5.92. The van der Waals surface area contributed by atoms with Crippen LogP contribution in [0.15, 0.2) is 6.07 Å². The van der Waals surface area contributed by atoms with Gasteiger partial charge in [-0.15, -0.1) is 0 Å². The Bertz CT molecular complexity index is 488. The summed E-state index contributed by atoms with van der Waals surface area (Å²) in [5, 5.41) is 0. The van der Waals surface area contributed by atoms with E-state index in [0.29, 0.717) is 11.4 Å².